The molecule has 2 aromatic rings. The van der Waals surface area contributed by atoms with E-state index in [4.69, 9.17) is 14.2 Å². The first-order valence-corrected chi connectivity index (χ1v) is 11.5. The molecule has 2 fully saturated rings. The van der Waals surface area contributed by atoms with E-state index in [2.05, 4.69) is 4.90 Å². The van der Waals surface area contributed by atoms with Gasteiger partial charge in [0, 0.05) is 26.2 Å². The molecule has 2 aliphatic heterocycles. The van der Waals surface area contributed by atoms with E-state index in [0.717, 1.165) is 18.7 Å². The largest absolute Gasteiger partial charge is 0.507 e. The number of hydrogen-bond acceptors (Lipinski definition) is 8. The number of aliphatic hydroxyl groups is 1. The van der Waals surface area contributed by atoms with Crippen LogP contribution in [0.2, 0.25) is 0 Å². The van der Waals surface area contributed by atoms with Gasteiger partial charge in [0.05, 0.1) is 44.6 Å². The average Bonchev–Trinajstić information content (AvgIpc) is 3.13. The summed E-state index contributed by atoms with van der Waals surface area (Å²) >= 11 is 0. The normalized spacial score (nSPS) is 20.3. The first-order valence-electron chi connectivity index (χ1n) is 11.5. The number of nitrogens with zero attached hydrogens (tertiary/aromatic N) is 2. The molecule has 0 saturated carbocycles. The molecule has 0 aromatic heterocycles. The number of amides is 1. The summed E-state index contributed by atoms with van der Waals surface area (Å²) in [5, 5.41) is 21.7. The molecule has 186 valence electrons. The summed E-state index contributed by atoms with van der Waals surface area (Å²) in [7, 11) is 3.02. The molecule has 4 rings (SSSR count). The molecule has 35 heavy (non-hydrogen) atoms. The zero-order valence-corrected chi connectivity index (χ0v) is 20.1. The Morgan fingerprint density at radius 1 is 1.03 bits per heavy atom. The number of phenolic OH excluding ortho intramolecular Hbond substituents is 1. The van der Waals surface area contributed by atoms with Gasteiger partial charge in [-0.2, -0.15) is 0 Å². The number of carbonyl (C=O) groups is 2. The third-order valence-corrected chi connectivity index (χ3v) is 6.43. The topological polar surface area (TPSA) is 109 Å². The van der Waals surface area contributed by atoms with Crippen LogP contribution < -0.4 is 9.47 Å². The van der Waals surface area contributed by atoms with Gasteiger partial charge >= 0.3 is 0 Å². The summed E-state index contributed by atoms with van der Waals surface area (Å²) in [6.45, 7) is 5.35. The maximum atomic E-state index is 13.3. The summed E-state index contributed by atoms with van der Waals surface area (Å²) in [4.78, 5) is 30.1. The lowest BCUT2D eigenvalue weighted by Gasteiger charge is -2.31. The van der Waals surface area contributed by atoms with Crippen molar-refractivity contribution in [3.8, 4) is 17.2 Å². The number of likely N-dealkylation sites (tertiary alicyclic amines) is 1. The Labute approximate surface area is 204 Å². The molecule has 9 heteroatoms. The number of aryl methyl sites for hydroxylation is 1. The zero-order valence-electron chi connectivity index (χ0n) is 20.1. The minimum atomic E-state index is -0.865. The molecule has 0 spiro atoms. The van der Waals surface area contributed by atoms with Gasteiger partial charge in [-0.3, -0.25) is 14.5 Å². The quantitative estimate of drug-likeness (QED) is 0.352. The second kappa shape index (κ2) is 10.4. The van der Waals surface area contributed by atoms with E-state index in [1.807, 2.05) is 6.92 Å². The third-order valence-electron chi connectivity index (χ3n) is 6.43. The van der Waals surface area contributed by atoms with Gasteiger partial charge in [0.15, 0.2) is 11.5 Å². The highest BCUT2D eigenvalue weighted by molar-refractivity contribution is 6.46. The van der Waals surface area contributed by atoms with Crippen molar-refractivity contribution in [3.63, 3.8) is 0 Å². The fourth-order valence-electron chi connectivity index (χ4n) is 4.54. The molecule has 0 bridgehead atoms. The van der Waals surface area contributed by atoms with Crippen LogP contribution in [0.3, 0.4) is 0 Å². The van der Waals surface area contributed by atoms with Crippen LogP contribution in [0.15, 0.2) is 42.0 Å². The molecule has 2 N–H and O–H groups in total. The molecule has 2 aromatic carbocycles. The van der Waals surface area contributed by atoms with Crippen molar-refractivity contribution in [1.29, 1.82) is 0 Å². The lowest BCUT2D eigenvalue weighted by atomic mass is 9.94. The van der Waals surface area contributed by atoms with Gasteiger partial charge in [-0.05, 0) is 36.8 Å². The fourth-order valence-corrected chi connectivity index (χ4v) is 4.54. The van der Waals surface area contributed by atoms with Crippen LogP contribution >= 0.6 is 0 Å². The van der Waals surface area contributed by atoms with Gasteiger partial charge in [0.1, 0.15) is 11.5 Å². The van der Waals surface area contributed by atoms with Gasteiger partial charge in [-0.1, -0.05) is 17.7 Å². The summed E-state index contributed by atoms with van der Waals surface area (Å²) < 4.78 is 16.2. The van der Waals surface area contributed by atoms with E-state index in [0.29, 0.717) is 36.8 Å². The van der Waals surface area contributed by atoms with Crippen molar-refractivity contribution in [1.82, 2.24) is 9.80 Å². The minimum Gasteiger partial charge on any atom is -0.507 e. The van der Waals surface area contributed by atoms with Crippen molar-refractivity contribution < 1.29 is 34.0 Å². The first kappa shape index (κ1) is 24.6. The second-order valence-corrected chi connectivity index (χ2v) is 8.58. The third kappa shape index (κ3) is 4.82. The van der Waals surface area contributed by atoms with E-state index in [1.165, 1.54) is 25.2 Å². The number of ketones is 1. The van der Waals surface area contributed by atoms with E-state index in [9.17, 15) is 19.8 Å². The first-order chi connectivity index (χ1) is 16.8. The Balaban J connectivity index is 1.81. The average molecular weight is 483 g/mol. The highest BCUT2D eigenvalue weighted by atomic mass is 16.5. The number of hydrogen-bond donors (Lipinski definition) is 2. The van der Waals surface area contributed by atoms with Gasteiger partial charge in [-0.15, -0.1) is 0 Å². The van der Waals surface area contributed by atoms with E-state index in [1.54, 1.807) is 30.3 Å². The van der Waals surface area contributed by atoms with Crippen molar-refractivity contribution in [2.45, 2.75) is 13.0 Å². The van der Waals surface area contributed by atoms with Crippen LogP contribution in [0.5, 0.6) is 17.2 Å². The molecule has 1 amide bonds. The number of rotatable bonds is 7. The minimum absolute atomic E-state index is 0.0786. The number of aliphatic hydroxyl groups excluding tert-OH is 1. The number of aromatic hydroxyl groups is 1. The fraction of sp³-hybridized carbons (Fsp3) is 0.385. The van der Waals surface area contributed by atoms with Crippen LogP contribution in [0, 0.1) is 6.92 Å². The van der Waals surface area contributed by atoms with Crippen LogP contribution in [0.25, 0.3) is 5.76 Å². The molecule has 2 aliphatic rings. The smallest absolute Gasteiger partial charge is 0.295 e. The number of morpholine rings is 1. The number of benzene rings is 2. The van der Waals surface area contributed by atoms with E-state index in [-0.39, 0.29) is 23.4 Å². The van der Waals surface area contributed by atoms with Crippen LogP contribution in [0.4, 0.5) is 0 Å². The number of Topliss-reactive ketones (excluding diaryl/α,β-unsaturated/α-hetero) is 1. The molecule has 9 nitrogen and oxygen atoms in total. The maximum Gasteiger partial charge on any atom is 0.295 e. The molecule has 0 radical (unpaired) electrons. The maximum absolute atomic E-state index is 13.3. The Morgan fingerprint density at radius 2 is 1.74 bits per heavy atom. The monoisotopic (exact) mass is 482 g/mol. The number of carbonyl (C=O) groups excluding carboxylic acids is 2. The lowest BCUT2D eigenvalue weighted by molar-refractivity contribution is -0.140. The Bertz CT molecular complexity index is 1150. The molecule has 1 unspecified atom stereocenters. The lowest BCUT2D eigenvalue weighted by Crippen LogP contribution is -2.42. The molecule has 1 atom stereocenters. The SMILES string of the molecule is COc1ccc(C2/C(=C(\O)c3cc(C)ccc3O)C(=O)C(=O)N2CCN2CCOCC2)cc1OC. The highest BCUT2D eigenvalue weighted by Gasteiger charge is 2.46. The van der Waals surface area contributed by atoms with Gasteiger partial charge in [0.25, 0.3) is 11.7 Å². The predicted octanol–water partition coefficient (Wildman–Crippen LogP) is 2.47. The van der Waals surface area contributed by atoms with E-state index >= 15 is 0 Å². The summed E-state index contributed by atoms with van der Waals surface area (Å²) in [5.74, 6) is -1.17. The standard InChI is InChI=1S/C26H30N2O7/c1-16-4-6-19(29)18(14-16)24(30)22-23(17-5-7-20(33-2)21(15-17)34-3)28(26(32)25(22)31)9-8-27-10-12-35-13-11-27/h4-7,14-15,23,29-30H,8-13H2,1-3H3/b24-22+. The van der Waals surface area contributed by atoms with Crippen LogP contribution in [-0.2, 0) is 14.3 Å². The van der Waals surface area contributed by atoms with Gasteiger partial charge in [-0.25, -0.2) is 0 Å². The van der Waals surface area contributed by atoms with Gasteiger partial charge in [0.2, 0.25) is 0 Å². The van der Waals surface area contributed by atoms with Crippen molar-refractivity contribution >= 4 is 17.4 Å². The highest BCUT2D eigenvalue weighted by Crippen LogP contribution is 2.43. The van der Waals surface area contributed by atoms with Crippen molar-refractivity contribution in [2.75, 3.05) is 53.6 Å². The zero-order chi connectivity index (χ0) is 25.1. The van der Waals surface area contributed by atoms with E-state index < -0.39 is 23.5 Å². The summed E-state index contributed by atoms with van der Waals surface area (Å²) in [6, 6.07) is 8.99. The van der Waals surface area contributed by atoms with Crippen LogP contribution in [0.1, 0.15) is 22.7 Å². The number of methoxy groups -OCH3 is 2. The van der Waals surface area contributed by atoms with Gasteiger partial charge < -0.3 is 29.3 Å². The number of ether oxygens (including phenoxy) is 3. The molecule has 0 aliphatic carbocycles. The molecule has 2 saturated heterocycles. The predicted molar refractivity (Wildman–Crippen MR) is 129 cm³/mol. The second-order valence-electron chi connectivity index (χ2n) is 8.58. The summed E-state index contributed by atoms with van der Waals surface area (Å²) in [6.07, 6.45) is 0. The molecular weight excluding hydrogens is 452 g/mol. The molecule has 2 heterocycles. The Hall–Kier alpha value is -3.56. The van der Waals surface area contributed by atoms with Crippen LogP contribution in [-0.4, -0.2) is 85.3 Å². The van der Waals surface area contributed by atoms with Crippen molar-refractivity contribution in [2.24, 2.45) is 0 Å². The Kier molecular flexibility index (Phi) is 7.28. The Morgan fingerprint density at radius 3 is 2.43 bits per heavy atom. The number of phenols is 1. The summed E-state index contributed by atoms with van der Waals surface area (Å²) in [5.41, 5.74) is 1.39. The molecular formula is C26H30N2O7. The van der Waals surface area contributed by atoms with Crippen molar-refractivity contribution in [3.05, 3.63) is 58.7 Å².